The smallest absolute Gasteiger partial charge is 0.105 e. The summed E-state index contributed by atoms with van der Waals surface area (Å²) in [6, 6.07) is 7.87. The van der Waals surface area contributed by atoms with Gasteiger partial charge in [0.2, 0.25) is 0 Å². The molecule has 2 heteroatoms. The zero-order chi connectivity index (χ0) is 13.1. The van der Waals surface area contributed by atoms with Crippen LogP contribution in [0.15, 0.2) is 24.3 Å². The Bertz CT molecular complexity index is 352. The highest BCUT2D eigenvalue weighted by atomic mass is 16.3. The SMILES string of the molecule is CCCc1cccc(C(O)C(O)C(C)(C)C)c1. The molecule has 2 N–H and O–H groups in total. The maximum atomic E-state index is 10.2. The number of benzene rings is 1. The van der Waals surface area contributed by atoms with Gasteiger partial charge in [-0.05, 0) is 23.0 Å². The summed E-state index contributed by atoms with van der Waals surface area (Å²) in [7, 11) is 0. The van der Waals surface area contributed by atoms with Crippen LogP contribution in [-0.4, -0.2) is 16.3 Å². The van der Waals surface area contributed by atoms with E-state index in [0.717, 1.165) is 18.4 Å². The van der Waals surface area contributed by atoms with Crippen LogP contribution in [0.2, 0.25) is 0 Å². The molecule has 0 aliphatic heterocycles. The molecular weight excluding hydrogens is 212 g/mol. The highest BCUT2D eigenvalue weighted by Gasteiger charge is 2.30. The highest BCUT2D eigenvalue weighted by molar-refractivity contribution is 5.26. The quantitative estimate of drug-likeness (QED) is 0.843. The van der Waals surface area contributed by atoms with Crippen molar-refractivity contribution in [3.05, 3.63) is 35.4 Å². The molecule has 0 saturated heterocycles. The van der Waals surface area contributed by atoms with Gasteiger partial charge >= 0.3 is 0 Å². The maximum absolute atomic E-state index is 10.2. The molecule has 0 saturated carbocycles. The lowest BCUT2D eigenvalue weighted by Gasteiger charge is -2.30. The van der Waals surface area contributed by atoms with E-state index in [9.17, 15) is 10.2 Å². The van der Waals surface area contributed by atoms with Crippen LogP contribution in [0.25, 0.3) is 0 Å². The van der Waals surface area contributed by atoms with Crippen molar-refractivity contribution < 1.29 is 10.2 Å². The van der Waals surface area contributed by atoms with Crippen molar-refractivity contribution >= 4 is 0 Å². The Labute approximate surface area is 104 Å². The first kappa shape index (κ1) is 14.2. The minimum Gasteiger partial charge on any atom is -0.390 e. The predicted molar refractivity (Wildman–Crippen MR) is 70.9 cm³/mol. The van der Waals surface area contributed by atoms with E-state index in [1.807, 2.05) is 39.0 Å². The van der Waals surface area contributed by atoms with Crippen LogP contribution >= 0.6 is 0 Å². The van der Waals surface area contributed by atoms with Crippen molar-refractivity contribution in [2.45, 2.75) is 52.7 Å². The average Bonchev–Trinajstić information content (AvgIpc) is 2.27. The molecule has 0 spiro atoms. The summed E-state index contributed by atoms with van der Waals surface area (Å²) in [4.78, 5) is 0. The molecule has 0 fully saturated rings. The molecule has 2 unspecified atom stereocenters. The van der Waals surface area contributed by atoms with Gasteiger partial charge in [0.25, 0.3) is 0 Å². The second kappa shape index (κ2) is 5.65. The Hall–Kier alpha value is -0.860. The van der Waals surface area contributed by atoms with Gasteiger partial charge in [0.1, 0.15) is 6.10 Å². The molecule has 0 aliphatic carbocycles. The van der Waals surface area contributed by atoms with Gasteiger partial charge < -0.3 is 10.2 Å². The summed E-state index contributed by atoms with van der Waals surface area (Å²) in [6.45, 7) is 7.91. The van der Waals surface area contributed by atoms with E-state index in [1.165, 1.54) is 5.56 Å². The zero-order valence-electron chi connectivity index (χ0n) is 11.3. The van der Waals surface area contributed by atoms with E-state index < -0.39 is 12.2 Å². The Morgan fingerprint density at radius 3 is 2.35 bits per heavy atom. The predicted octanol–water partition coefficient (Wildman–Crippen LogP) is 3.08. The number of hydrogen-bond donors (Lipinski definition) is 2. The van der Waals surface area contributed by atoms with Crippen molar-refractivity contribution in [3.8, 4) is 0 Å². The van der Waals surface area contributed by atoms with Crippen LogP contribution < -0.4 is 0 Å². The average molecular weight is 236 g/mol. The lowest BCUT2D eigenvalue weighted by molar-refractivity contribution is -0.0458. The van der Waals surface area contributed by atoms with E-state index in [0.29, 0.717) is 0 Å². The van der Waals surface area contributed by atoms with Gasteiger partial charge in [-0.25, -0.2) is 0 Å². The maximum Gasteiger partial charge on any atom is 0.105 e. The van der Waals surface area contributed by atoms with Crippen molar-refractivity contribution in [2.75, 3.05) is 0 Å². The topological polar surface area (TPSA) is 40.5 Å². The van der Waals surface area contributed by atoms with Crippen LogP contribution in [0.3, 0.4) is 0 Å². The first-order valence-electron chi connectivity index (χ1n) is 6.31. The fourth-order valence-corrected chi connectivity index (χ4v) is 1.88. The molecular formula is C15H24O2. The van der Waals surface area contributed by atoms with E-state index in [4.69, 9.17) is 0 Å². The van der Waals surface area contributed by atoms with Crippen molar-refractivity contribution in [2.24, 2.45) is 5.41 Å². The minimum atomic E-state index is -0.813. The number of aryl methyl sites for hydroxylation is 1. The Morgan fingerprint density at radius 1 is 1.18 bits per heavy atom. The minimum absolute atomic E-state index is 0.319. The van der Waals surface area contributed by atoms with Crippen LogP contribution in [-0.2, 0) is 6.42 Å². The van der Waals surface area contributed by atoms with E-state index in [-0.39, 0.29) is 5.41 Å². The molecule has 2 nitrogen and oxygen atoms in total. The summed E-state index contributed by atoms with van der Waals surface area (Å²) in [5, 5.41) is 20.2. The summed E-state index contributed by atoms with van der Waals surface area (Å²) in [6.07, 6.45) is 0.527. The van der Waals surface area contributed by atoms with Crippen LogP contribution in [0.1, 0.15) is 51.3 Å². The molecule has 0 heterocycles. The number of hydrogen-bond acceptors (Lipinski definition) is 2. The standard InChI is InChI=1S/C15H24O2/c1-5-7-11-8-6-9-12(10-11)13(16)14(17)15(2,3)4/h6,8-10,13-14,16-17H,5,7H2,1-4H3. The highest BCUT2D eigenvalue weighted by Crippen LogP contribution is 2.30. The van der Waals surface area contributed by atoms with E-state index >= 15 is 0 Å². The zero-order valence-corrected chi connectivity index (χ0v) is 11.3. The van der Waals surface area contributed by atoms with Gasteiger partial charge in [-0.3, -0.25) is 0 Å². The van der Waals surface area contributed by atoms with Gasteiger partial charge in [-0.2, -0.15) is 0 Å². The first-order valence-corrected chi connectivity index (χ1v) is 6.31. The van der Waals surface area contributed by atoms with Crippen molar-refractivity contribution in [1.82, 2.24) is 0 Å². The Balaban J connectivity index is 2.88. The fourth-order valence-electron chi connectivity index (χ4n) is 1.88. The molecule has 0 bridgehead atoms. The normalized spacial score (nSPS) is 15.6. The van der Waals surface area contributed by atoms with E-state index in [1.54, 1.807) is 0 Å². The molecule has 1 rings (SSSR count). The van der Waals surface area contributed by atoms with Gasteiger partial charge in [0.05, 0.1) is 6.10 Å². The number of aliphatic hydroxyl groups is 2. The Morgan fingerprint density at radius 2 is 1.82 bits per heavy atom. The van der Waals surface area contributed by atoms with Crippen LogP contribution in [0.5, 0.6) is 0 Å². The first-order chi connectivity index (χ1) is 7.86. The van der Waals surface area contributed by atoms with Crippen LogP contribution in [0.4, 0.5) is 0 Å². The molecule has 0 aliphatic rings. The molecule has 17 heavy (non-hydrogen) atoms. The molecule has 0 aromatic heterocycles. The van der Waals surface area contributed by atoms with Gasteiger partial charge in [0, 0.05) is 0 Å². The summed E-state index contributed by atoms with van der Waals surface area (Å²) >= 11 is 0. The second-order valence-corrected chi connectivity index (χ2v) is 5.75. The monoisotopic (exact) mass is 236 g/mol. The number of aliphatic hydroxyl groups excluding tert-OH is 2. The van der Waals surface area contributed by atoms with Crippen molar-refractivity contribution in [3.63, 3.8) is 0 Å². The number of rotatable bonds is 4. The third kappa shape index (κ3) is 3.83. The fraction of sp³-hybridized carbons (Fsp3) is 0.600. The Kier molecular flexibility index (Phi) is 4.72. The second-order valence-electron chi connectivity index (χ2n) is 5.75. The molecule has 0 amide bonds. The molecule has 1 aromatic carbocycles. The largest absolute Gasteiger partial charge is 0.390 e. The molecule has 0 radical (unpaired) electrons. The lowest BCUT2D eigenvalue weighted by Crippen LogP contribution is -2.32. The lowest BCUT2D eigenvalue weighted by atomic mass is 9.83. The third-order valence-corrected chi connectivity index (χ3v) is 3.02. The van der Waals surface area contributed by atoms with Gasteiger partial charge in [-0.15, -0.1) is 0 Å². The summed E-state index contributed by atoms with van der Waals surface area (Å²) in [5.41, 5.74) is 1.70. The van der Waals surface area contributed by atoms with Gasteiger partial charge in [0.15, 0.2) is 0 Å². The molecule has 2 atom stereocenters. The van der Waals surface area contributed by atoms with Gasteiger partial charge in [-0.1, -0.05) is 58.4 Å². The molecule has 1 aromatic rings. The van der Waals surface area contributed by atoms with E-state index in [2.05, 4.69) is 13.0 Å². The summed E-state index contributed by atoms with van der Waals surface area (Å²) < 4.78 is 0. The third-order valence-electron chi connectivity index (χ3n) is 3.02. The van der Waals surface area contributed by atoms with Crippen molar-refractivity contribution in [1.29, 1.82) is 0 Å². The van der Waals surface area contributed by atoms with Crippen LogP contribution in [0, 0.1) is 5.41 Å². The summed E-state index contributed by atoms with van der Waals surface area (Å²) in [5.74, 6) is 0. The molecule has 96 valence electrons.